The Kier molecular flexibility index (Phi) is 8.90. The first-order valence-corrected chi connectivity index (χ1v) is 11.3. The SMILES string of the molecule is CCNC(=NCCCN1CCN(c2ccccc2Cl)CC1)N1CCC(COC)C1. The van der Waals surface area contributed by atoms with Crippen molar-refractivity contribution in [2.24, 2.45) is 10.9 Å². The Morgan fingerprint density at radius 1 is 1.21 bits per heavy atom. The number of hydrogen-bond acceptors (Lipinski definition) is 4. The lowest BCUT2D eigenvalue weighted by atomic mass is 10.1. The Hall–Kier alpha value is -1.50. The maximum atomic E-state index is 6.35. The lowest BCUT2D eigenvalue weighted by Crippen LogP contribution is -2.46. The van der Waals surface area contributed by atoms with Crippen LogP contribution in [0.4, 0.5) is 5.69 Å². The zero-order valence-corrected chi connectivity index (χ0v) is 18.7. The number of nitrogens with one attached hydrogen (secondary N) is 1. The summed E-state index contributed by atoms with van der Waals surface area (Å²) in [6.45, 7) is 12.2. The normalized spacial score (nSPS) is 21.1. The number of rotatable bonds is 8. The molecule has 3 rings (SSSR count). The van der Waals surface area contributed by atoms with Crippen LogP contribution in [-0.2, 0) is 4.74 Å². The van der Waals surface area contributed by atoms with Gasteiger partial charge in [0.1, 0.15) is 0 Å². The van der Waals surface area contributed by atoms with Crippen LogP contribution in [0.3, 0.4) is 0 Å². The number of anilines is 1. The average Bonchev–Trinajstić information content (AvgIpc) is 3.20. The van der Waals surface area contributed by atoms with E-state index in [1.165, 1.54) is 6.42 Å². The molecule has 1 aromatic rings. The molecule has 2 fully saturated rings. The highest BCUT2D eigenvalue weighted by atomic mass is 35.5. The summed E-state index contributed by atoms with van der Waals surface area (Å²) in [6, 6.07) is 8.14. The third-order valence-electron chi connectivity index (χ3n) is 5.78. The maximum Gasteiger partial charge on any atom is 0.193 e. The summed E-state index contributed by atoms with van der Waals surface area (Å²) < 4.78 is 5.32. The molecular weight excluding hydrogens is 386 g/mol. The number of ether oxygens (including phenoxy) is 1. The highest BCUT2D eigenvalue weighted by molar-refractivity contribution is 6.33. The van der Waals surface area contributed by atoms with Gasteiger partial charge in [-0.05, 0) is 31.9 Å². The molecule has 2 heterocycles. The molecule has 2 aliphatic heterocycles. The van der Waals surface area contributed by atoms with Crippen LogP contribution in [-0.4, -0.2) is 88.4 Å². The lowest BCUT2D eigenvalue weighted by molar-refractivity contribution is 0.157. The van der Waals surface area contributed by atoms with E-state index < -0.39 is 0 Å². The van der Waals surface area contributed by atoms with E-state index in [1.807, 2.05) is 12.1 Å². The van der Waals surface area contributed by atoms with Gasteiger partial charge in [-0.3, -0.25) is 9.89 Å². The second-order valence-electron chi connectivity index (χ2n) is 7.93. The minimum atomic E-state index is 0.623. The van der Waals surface area contributed by atoms with Crippen LogP contribution in [0.15, 0.2) is 29.3 Å². The molecule has 1 unspecified atom stereocenters. The van der Waals surface area contributed by atoms with Crippen molar-refractivity contribution in [1.82, 2.24) is 15.1 Å². The highest BCUT2D eigenvalue weighted by Gasteiger charge is 2.24. The van der Waals surface area contributed by atoms with Crippen LogP contribution in [0.2, 0.25) is 5.02 Å². The van der Waals surface area contributed by atoms with E-state index >= 15 is 0 Å². The van der Waals surface area contributed by atoms with Gasteiger partial charge < -0.3 is 19.9 Å². The number of guanidine groups is 1. The molecule has 0 saturated carbocycles. The van der Waals surface area contributed by atoms with E-state index in [2.05, 4.69) is 39.1 Å². The van der Waals surface area contributed by atoms with Crippen molar-refractivity contribution in [1.29, 1.82) is 0 Å². The van der Waals surface area contributed by atoms with Crippen molar-refractivity contribution in [3.05, 3.63) is 29.3 Å². The zero-order valence-electron chi connectivity index (χ0n) is 17.9. The molecule has 1 N–H and O–H groups in total. The highest BCUT2D eigenvalue weighted by Crippen LogP contribution is 2.26. The summed E-state index contributed by atoms with van der Waals surface area (Å²) in [5.41, 5.74) is 1.16. The molecule has 0 radical (unpaired) electrons. The molecule has 2 aliphatic rings. The molecule has 0 aromatic heterocycles. The topological polar surface area (TPSA) is 43.3 Å². The van der Waals surface area contributed by atoms with E-state index in [4.69, 9.17) is 21.3 Å². The summed E-state index contributed by atoms with van der Waals surface area (Å²) >= 11 is 6.35. The zero-order chi connectivity index (χ0) is 20.5. The second-order valence-corrected chi connectivity index (χ2v) is 8.33. The fourth-order valence-electron chi connectivity index (χ4n) is 4.22. The van der Waals surface area contributed by atoms with E-state index in [0.717, 1.165) is 88.6 Å². The van der Waals surface area contributed by atoms with E-state index in [1.54, 1.807) is 7.11 Å². The van der Waals surface area contributed by atoms with Gasteiger partial charge in [-0.25, -0.2) is 0 Å². The predicted molar refractivity (Wildman–Crippen MR) is 122 cm³/mol. The van der Waals surface area contributed by atoms with E-state index in [0.29, 0.717) is 5.92 Å². The first-order chi connectivity index (χ1) is 14.2. The molecule has 6 nitrogen and oxygen atoms in total. The number of para-hydroxylation sites is 1. The number of hydrogen-bond donors (Lipinski definition) is 1. The monoisotopic (exact) mass is 421 g/mol. The Bertz CT molecular complexity index is 648. The summed E-state index contributed by atoms with van der Waals surface area (Å²) in [6.07, 6.45) is 2.28. The largest absolute Gasteiger partial charge is 0.384 e. The maximum absolute atomic E-state index is 6.35. The van der Waals surface area contributed by atoms with Crippen molar-refractivity contribution in [3.8, 4) is 0 Å². The molecule has 0 aliphatic carbocycles. The van der Waals surface area contributed by atoms with Gasteiger partial charge in [0.25, 0.3) is 0 Å². The fraction of sp³-hybridized carbons (Fsp3) is 0.682. The molecule has 1 atom stereocenters. The van der Waals surface area contributed by atoms with Gasteiger partial charge in [0.05, 0.1) is 17.3 Å². The smallest absolute Gasteiger partial charge is 0.193 e. The van der Waals surface area contributed by atoms with Gasteiger partial charge in [-0.1, -0.05) is 23.7 Å². The van der Waals surface area contributed by atoms with Crippen LogP contribution in [0.1, 0.15) is 19.8 Å². The number of halogens is 1. The quantitative estimate of drug-likeness (QED) is 0.397. The third kappa shape index (κ3) is 6.49. The fourth-order valence-corrected chi connectivity index (χ4v) is 4.48. The van der Waals surface area contributed by atoms with Gasteiger partial charge in [-0.15, -0.1) is 0 Å². The molecule has 162 valence electrons. The molecule has 2 saturated heterocycles. The Morgan fingerprint density at radius 2 is 2.00 bits per heavy atom. The summed E-state index contributed by atoms with van der Waals surface area (Å²) in [7, 11) is 1.79. The van der Waals surface area contributed by atoms with E-state index in [-0.39, 0.29) is 0 Å². The molecule has 0 amide bonds. The van der Waals surface area contributed by atoms with Crippen LogP contribution < -0.4 is 10.2 Å². The molecule has 29 heavy (non-hydrogen) atoms. The average molecular weight is 422 g/mol. The Morgan fingerprint density at radius 3 is 2.72 bits per heavy atom. The predicted octanol–water partition coefficient (Wildman–Crippen LogP) is 2.79. The van der Waals surface area contributed by atoms with Crippen molar-refractivity contribution in [2.75, 3.05) is 77.5 Å². The number of methoxy groups -OCH3 is 1. The number of nitrogens with zero attached hydrogens (tertiary/aromatic N) is 4. The van der Waals surface area contributed by atoms with Crippen molar-refractivity contribution in [3.63, 3.8) is 0 Å². The lowest BCUT2D eigenvalue weighted by Gasteiger charge is -2.36. The standard InChI is InChI=1S/C22H36ClN5O/c1-3-24-22(28-12-9-19(17-28)18-29-2)25-10-6-11-26-13-15-27(16-14-26)21-8-5-4-7-20(21)23/h4-5,7-8,19H,3,6,9-18H2,1-2H3,(H,24,25). The Balaban J connectivity index is 1.39. The van der Waals surface area contributed by atoms with Gasteiger partial charge in [-0.2, -0.15) is 0 Å². The van der Waals surface area contributed by atoms with Gasteiger partial charge >= 0.3 is 0 Å². The van der Waals surface area contributed by atoms with Crippen molar-refractivity contribution in [2.45, 2.75) is 19.8 Å². The second kappa shape index (κ2) is 11.6. The van der Waals surface area contributed by atoms with Crippen LogP contribution in [0.5, 0.6) is 0 Å². The summed E-state index contributed by atoms with van der Waals surface area (Å²) in [5, 5.41) is 4.31. The Labute approximate surface area is 180 Å². The first-order valence-electron chi connectivity index (χ1n) is 10.9. The number of piperazine rings is 1. The first kappa shape index (κ1) is 22.2. The van der Waals surface area contributed by atoms with Crippen LogP contribution in [0.25, 0.3) is 0 Å². The van der Waals surface area contributed by atoms with Gasteiger partial charge in [0.15, 0.2) is 5.96 Å². The number of aliphatic imine (C=N–C) groups is 1. The molecule has 1 aromatic carbocycles. The van der Waals surface area contributed by atoms with Crippen LogP contribution >= 0.6 is 11.6 Å². The van der Waals surface area contributed by atoms with Crippen LogP contribution in [0, 0.1) is 5.92 Å². The van der Waals surface area contributed by atoms with Gasteiger partial charge in [0.2, 0.25) is 0 Å². The molecule has 0 spiro atoms. The number of likely N-dealkylation sites (tertiary alicyclic amines) is 1. The minimum absolute atomic E-state index is 0.623. The number of benzene rings is 1. The summed E-state index contributed by atoms with van der Waals surface area (Å²) in [4.78, 5) is 12.2. The van der Waals surface area contributed by atoms with E-state index in [9.17, 15) is 0 Å². The van der Waals surface area contributed by atoms with Crippen molar-refractivity contribution < 1.29 is 4.74 Å². The van der Waals surface area contributed by atoms with Crippen molar-refractivity contribution >= 4 is 23.2 Å². The van der Waals surface area contributed by atoms with Gasteiger partial charge in [0, 0.05) is 71.9 Å². The molecular formula is C22H36ClN5O. The molecule has 0 bridgehead atoms. The summed E-state index contributed by atoms with van der Waals surface area (Å²) in [5.74, 6) is 1.69. The third-order valence-corrected chi connectivity index (χ3v) is 6.10. The minimum Gasteiger partial charge on any atom is -0.384 e. The molecule has 7 heteroatoms.